The molecule has 1 aromatic carbocycles. The van der Waals surface area contributed by atoms with Crippen LogP contribution in [0.5, 0.6) is 0 Å². The molecular weight excluding hydrogens is 306 g/mol. The highest BCUT2D eigenvalue weighted by Gasteiger charge is 2.35. The van der Waals surface area contributed by atoms with Crippen molar-refractivity contribution in [3.8, 4) is 0 Å². The number of aromatic nitrogens is 1. The lowest BCUT2D eigenvalue weighted by Gasteiger charge is -2.35. The first-order valence-electron chi connectivity index (χ1n) is 8.34. The molecule has 1 fully saturated rings. The summed E-state index contributed by atoms with van der Waals surface area (Å²) in [5, 5.41) is 6.87. The highest BCUT2D eigenvalue weighted by atomic mass is 16.5. The van der Waals surface area contributed by atoms with Crippen LogP contribution in [0.4, 0.5) is 0 Å². The van der Waals surface area contributed by atoms with Gasteiger partial charge in [-0.15, -0.1) is 0 Å². The van der Waals surface area contributed by atoms with Crippen LogP contribution in [0.1, 0.15) is 46.3 Å². The third-order valence-corrected chi connectivity index (χ3v) is 4.78. The fourth-order valence-electron chi connectivity index (χ4n) is 3.52. The highest BCUT2D eigenvalue weighted by molar-refractivity contribution is 5.97. The van der Waals surface area contributed by atoms with Crippen LogP contribution in [-0.2, 0) is 17.6 Å². The Balaban J connectivity index is 1.67. The van der Waals surface area contributed by atoms with Gasteiger partial charge in [0.1, 0.15) is 12.3 Å². The fourth-order valence-corrected chi connectivity index (χ4v) is 3.52. The summed E-state index contributed by atoms with van der Waals surface area (Å²) in [5.74, 6) is 0.459. The average molecular weight is 325 g/mol. The van der Waals surface area contributed by atoms with Gasteiger partial charge >= 0.3 is 0 Å². The molecule has 4 rings (SSSR count). The van der Waals surface area contributed by atoms with E-state index in [0.717, 1.165) is 42.6 Å². The molecule has 2 aliphatic rings. The highest BCUT2D eigenvalue weighted by Crippen LogP contribution is 2.29. The number of hydrogen-bond donors (Lipinski definition) is 1. The molecule has 1 unspecified atom stereocenters. The van der Waals surface area contributed by atoms with Crippen LogP contribution < -0.4 is 5.32 Å². The molecule has 0 saturated carbocycles. The van der Waals surface area contributed by atoms with E-state index in [1.165, 1.54) is 0 Å². The Hall–Kier alpha value is -2.63. The van der Waals surface area contributed by atoms with Gasteiger partial charge in [-0.05, 0) is 24.8 Å². The topological polar surface area (TPSA) is 75.4 Å². The van der Waals surface area contributed by atoms with E-state index in [9.17, 15) is 9.59 Å². The third kappa shape index (κ3) is 2.58. The number of hydrogen-bond acceptors (Lipinski definition) is 4. The smallest absolute Gasteiger partial charge is 0.277 e. The number of benzene rings is 1. The van der Waals surface area contributed by atoms with Gasteiger partial charge in [0.05, 0.1) is 6.04 Å². The second-order valence-corrected chi connectivity index (χ2v) is 6.30. The van der Waals surface area contributed by atoms with E-state index in [0.29, 0.717) is 12.2 Å². The molecule has 6 nitrogen and oxygen atoms in total. The SMILES string of the molecule is O=C1CN(C(=O)c2noc3c2CCCC3)C(c2ccccc2)CN1. The van der Waals surface area contributed by atoms with E-state index >= 15 is 0 Å². The van der Waals surface area contributed by atoms with Crippen molar-refractivity contribution in [1.82, 2.24) is 15.4 Å². The van der Waals surface area contributed by atoms with Crippen molar-refractivity contribution in [2.45, 2.75) is 31.7 Å². The van der Waals surface area contributed by atoms with E-state index in [1.54, 1.807) is 4.90 Å². The van der Waals surface area contributed by atoms with Crippen molar-refractivity contribution < 1.29 is 14.1 Å². The first-order valence-corrected chi connectivity index (χ1v) is 8.34. The molecule has 1 aliphatic heterocycles. The fraction of sp³-hybridized carbons (Fsp3) is 0.389. The van der Waals surface area contributed by atoms with E-state index < -0.39 is 0 Å². The predicted molar refractivity (Wildman–Crippen MR) is 86.4 cm³/mol. The normalized spacial score (nSPS) is 20.4. The molecule has 2 heterocycles. The summed E-state index contributed by atoms with van der Waals surface area (Å²) in [6.45, 7) is 0.453. The second kappa shape index (κ2) is 6.11. The van der Waals surface area contributed by atoms with Crippen LogP contribution in [0.25, 0.3) is 0 Å². The maximum Gasteiger partial charge on any atom is 0.277 e. The summed E-state index contributed by atoms with van der Waals surface area (Å²) < 4.78 is 5.37. The minimum Gasteiger partial charge on any atom is -0.360 e. The minimum absolute atomic E-state index is 0.0417. The van der Waals surface area contributed by atoms with Crippen molar-refractivity contribution in [3.63, 3.8) is 0 Å². The van der Waals surface area contributed by atoms with Crippen LogP contribution in [0, 0.1) is 0 Å². The summed E-state index contributed by atoms with van der Waals surface area (Å²) in [6, 6.07) is 9.57. The molecule has 2 aromatic rings. The van der Waals surface area contributed by atoms with E-state index in [2.05, 4.69) is 10.5 Å². The predicted octanol–water partition coefficient (Wildman–Crippen LogP) is 1.87. The molecule has 6 heteroatoms. The number of aryl methyl sites for hydroxylation is 1. The van der Waals surface area contributed by atoms with Crippen molar-refractivity contribution in [1.29, 1.82) is 0 Å². The molecule has 124 valence electrons. The zero-order valence-electron chi connectivity index (χ0n) is 13.3. The van der Waals surface area contributed by atoms with Crippen LogP contribution in [0.2, 0.25) is 0 Å². The Labute approximate surface area is 139 Å². The van der Waals surface area contributed by atoms with E-state index in [4.69, 9.17) is 4.52 Å². The van der Waals surface area contributed by atoms with Crippen molar-refractivity contribution in [2.75, 3.05) is 13.1 Å². The number of fused-ring (bicyclic) bond motifs is 1. The van der Waals surface area contributed by atoms with Crippen molar-refractivity contribution in [3.05, 3.63) is 52.9 Å². The number of carbonyl (C=O) groups excluding carboxylic acids is 2. The Morgan fingerprint density at radius 2 is 2.00 bits per heavy atom. The van der Waals surface area contributed by atoms with Crippen LogP contribution in [0.15, 0.2) is 34.9 Å². The quantitative estimate of drug-likeness (QED) is 0.914. The molecule has 1 N–H and O–H groups in total. The molecule has 1 aliphatic carbocycles. The van der Waals surface area contributed by atoms with Gasteiger partial charge in [0.15, 0.2) is 5.69 Å². The van der Waals surface area contributed by atoms with Crippen molar-refractivity contribution >= 4 is 11.8 Å². The van der Waals surface area contributed by atoms with Gasteiger partial charge in [-0.1, -0.05) is 35.5 Å². The molecule has 2 amide bonds. The van der Waals surface area contributed by atoms with E-state index in [-0.39, 0.29) is 24.4 Å². The number of amides is 2. The van der Waals surface area contributed by atoms with Crippen LogP contribution in [-0.4, -0.2) is 35.0 Å². The first-order chi connectivity index (χ1) is 11.7. The molecule has 0 radical (unpaired) electrons. The zero-order chi connectivity index (χ0) is 16.5. The van der Waals surface area contributed by atoms with Gasteiger partial charge in [0, 0.05) is 18.5 Å². The number of carbonyl (C=O) groups is 2. The van der Waals surface area contributed by atoms with Gasteiger partial charge in [0.25, 0.3) is 5.91 Å². The Morgan fingerprint density at radius 3 is 2.83 bits per heavy atom. The monoisotopic (exact) mass is 325 g/mol. The number of nitrogens with zero attached hydrogens (tertiary/aromatic N) is 2. The van der Waals surface area contributed by atoms with Gasteiger partial charge in [0.2, 0.25) is 5.91 Å². The molecule has 1 aromatic heterocycles. The van der Waals surface area contributed by atoms with Crippen LogP contribution >= 0.6 is 0 Å². The molecule has 1 saturated heterocycles. The Morgan fingerprint density at radius 1 is 1.21 bits per heavy atom. The largest absolute Gasteiger partial charge is 0.360 e. The molecule has 1 atom stereocenters. The summed E-state index contributed by atoms with van der Waals surface area (Å²) in [5.41, 5.74) is 2.30. The van der Waals surface area contributed by atoms with Gasteiger partial charge in [-0.3, -0.25) is 9.59 Å². The maximum atomic E-state index is 13.1. The molecule has 0 bridgehead atoms. The van der Waals surface area contributed by atoms with Gasteiger partial charge < -0.3 is 14.7 Å². The number of rotatable bonds is 2. The summed E-state index contributed by atoms with van der Waals surface area (Å²) in [6.07, 6.45) is 3.75. The lowest BCUT2D eigenvalue weighted by Crippen LogP contribution is -2.52. The van der Waals surface area contributed by atoms with E-state index in [1.807, 2.05) is 30.3 Å². The standard InChI is InChI=1S/C18H19N3O3/c22-16-11-21(14(10-19-16)12-6-2-1-3-7-12)18(23)17-13-8-4-5-9-15(13)24-20-17/h1-3,6-7,14H,4-5,8-11H2,(H,19,22). The van der Waals surface area contributed by atoms with Gasteiger partial charge in [-0.25, -0.2) is 0 Å². The lowest BCUT2D eigenvalue weighted by molar-refractivity contribution is -0.124. The Kier molecular flexibility index (Phi) is 3.80. The summed E-state index contributed by atoms with van der Waals surface area (Å²) in [4.78, 5) is 26.6. The summed E-state index contributed by atoms with van der Waals surface area (Å²) >= 11 is 0. The second-order valence-electron chi connectivity index (χ2n) is 6.30. The first kappa shape index (κ1) is 14.9. The van der Waals surface area contributed by atoms with Crippen molar-refractivity contribution in [2.24, 2.45) is 0 Å². The zero-order valence-corrected chi connectivity index (χ0v) is 13.3. The third-order valence-electron chi connectivity index (χ3n) is 4.78. The van der Waals surface area contributed by atoms with Gasteiger partial charge in [-0.2, -0.15) is 0 Å². The Bertz CT molecular complexity index is 769. The lowest BCUT2D eigenvalue weighted by atomic mass is 9.95. The molecular formula is C18H19N3O3. The molecule has 24 heavy (non-hydrogen) atoms. The van der Waals surface area contributed by atoms with Crippen LogP contribution in [0.3, 0.4) is 0 Å². The maximum absolute atomic E-state index is 13.1. The average Bonchev–Trinajstić information content (AvgIpc) is 3.06. The molecule has 0 spiro atoms. The number of nitrogens with one attached hydrogen (secondary N) is 1. The number of piperazine rings is 1. The minimum atomic E-state index is -0.217. The summed E-state index contributed by atoms with van der Waals surface area (Å²) in [7, 11) is 0.